The van der Waals surface area contributed by atoms with Gasteiger partial charge in [-0.25, -0.2) is 13.7 Å². The van der Waals surface area contributed by atoms with Crippen LogP contribution in [0.3, 0.4) is 0 Å². The number of ether oxygens (including phenoxy) is 2. The molecule has 0 aromatic rings. The summed E-state index contributed by atoms with van der Waals surface area (Å²) in [6.45, 7) is 5.73. The van der Waals surface area contributed by atoms with E-state index >= 15 is 0 Å². The summed E-state index contributed by atoms with van der Waals surface area (Å²) in [5.74, 6) is -0.0127. The Morgan fingerprint density at radius 1 is 1.18 bits per heavy atom. The summed E-state index contributed by atoms with van der Waals surface area (Å²) in [6.07, 6.45) is 10.0. The Bertz CT molecular complexity index is 1350. The van der Waals surface area contributed by atoms with Gasteiger partial charge in [-0.1, -0.05) is 68.7 Å². The molecule has 5 atom stereocenters. The highest BCUT2D eigenvalue weighted by atomic mass is 33.1. The van der Waals surface area contributed by atoms with E-state index in [2.05, 4.69) is 24.0 Å². The topological polar surface area (TPSA) is 256 Å². The van der Waals surface area contributed by atoms with E-state index in [1.807, 2.05) is 57.2 Å². The Kier molecular flexibility index (Phi) is 16.3. The maximum Gasteiger partial charge on any atom is 0.490 e. The number of carbonyl (C=O) groups excluding carboxylic acids is 1. The van der Waals surface area contributed by atoms with E-state index < -0.39 is 48.4 Å². The lowest BCUT2D eigenvalue weighted by molar-refractivity contribution is -0.121. The lowest BCUT2D eigenvalue weighted by Crippen LogP contribution is -2.35. The molecule has 1 fully saturated rings. The summed E-state index contributed by atoms with van der Waals surface area (Å²) in [7, 11) is -13.8. The standard InChI is InChI=1S/C23H37N4O13P3S2/c1-17-8-5-4-6-9-18(12-17)19-13-20(21(38-19)14-37-42(32,33)40-43(34,35)39-41(29,30)31)36-16-44-45-23(2,3)15-25-22(28)10-7-11-26-27-24/h4-6,8-9,12,19-21H,7,10-11,13-16H2,1-3H3,(H,25,28)(H,32,33)(H,34,35)(H2,29,30,31)/b5-4-,6-4?,8-5?,9-6-,17-8?,17-12?,18-9?,18-12?/t19-,20?,21-/m1/s1. The van der Waals surface area contributed by atoms with Crippen LogP contribution in [-0.4, -0.2) is 74.2 Å². The van der Waals surface area contributed by atoms with Crippen molar-refractivity contribution >= 4 is 51.0 Å². The Hall–Kier alpha value is -1.23. The van der Waals surface area contributed by atoms with Crippen LogP contribution in [0.1, 0.15) is 40.0 Å². The maximum absolute atomic E-state index is 12.3. The average Bonchev–Trinajstić information content (AvgIpc) is 3.30. The molecule has 17 nitrogen and oxygen atoms in total. The SMILES string of the molecule is CC1=C/C=C\C=C/C([C@H]2CC(OCSSC(C)(C)CNC(=O)CCCN=[N+]=[N-])[C@@H](COP(=O)(O)OP(=O)(O)OP(=O)(O)O)O2)=C1. The number of carbonyl (C=O) groups is 1. The number of nitrogens with zero attached hydrogens (tertiary/aromatic N) is 3. The number of hydrogen-bond donors (Lipinski definition) is 5. The number of hydrogen-bond acceptors (Lipinski definition) is 12. The van der Waals surface area contributed by atoms with Crippen molar-refractivity contribution < 1.29 is 60.7 Å². The number of allylic oxidation sites excluding steroid dienone is 6. The highest BCUT2D eigenvalue weighted by molar-refractivity contribution is 8.77. The normalized spacial score (nSPS) is 24.6. The molecule has 5 N–H and O–H groups in total. The second-order valence-corrected chi connectivity index (χ2v) is 17.6. The molecule has 0 spiro atoms. The minimum absolute atomic E-state index is 0.150. The number of azide groups is 1. The Morgan fingerprint density at radius 2 is 1.91 bits per heavy atom. The van der Waals surface area contributed by atoms with E-state index in [9.17, 15) is 28.3 Å². The minimum atomic E-state index is -5.67. The zero-order valence-electron chi connectivity index (χ0n) is 24.6. The summed E-state index contributed by atoms with van der Waals surface area (Å²) >= 11 is 0. The fourth-order valence-corrected chi connectivity index (χ4v) is 9.01. The van der Waals surface area contributed by atoms with Gasteiger partial charge in [-0.3, -0.25) is 9.32 Å². The van der Waals surface area contributed by atoms with Gasteiger partial charge in [0, 0.05) is 35.6 Å². The third-order valence-electron chi connectivity index (χ3n) is 5.71. The van der Waals surface area contributed by atoms with Crippen molar-refractivity contribution in [3.63, 3.8) is 0 Å². The van der Waals surface area contributed by atoms with Crippen LogP contribution in [0.4, 0.5) is 0 Å². The van der Waals surface area contributed by atoms with Crippen LogP contribution in [0.25, 0.3) is 10.4 Å². The van der Waals surface area contributed by atoms with Gasteiger partial charge in [-0.05, 0) is 38.3 Å². The number of phosphoric ester groups is 1. The first-order chi connectivity index (χ1) is 20.9. The smallest absolute Gasteiger partial charge is 0.365 e. The molecule has 45 heavy (non-hydrogen) atoms. The number of phosphoric acid groups is 3. The van der Waals surface area contributed by atoms with E-state index in [1.54, 1.807) is 0 Å². The molecule has 1 heterocycles. The molecule has 2 rings (SSSR count). The van der Waals surface area contributed by atoms with Crippen LogP contribution in [-0.2, 0) is 41.1 Å². The minimum Gasteiger partial charge on any atom is -0.365 e. The second kappa shape index (κ2) is 18.3. The van der Waals surface area contributed by atoms with Crippen molar-refractivity contribution in [1.29, 1.82) is 0 Å². The Balaban J connectivity index is 2.00. The first-order valence-corrected chi connectivity index (χ1v) is 20.1. The number of nitrogens with one attached hydrogen (secondary N) is 1. The van der Waals surface area contributed by atoms with Crippen molar-refractivity contribution in [3.8, 4) is 0 Å². The van der Waals surface area contributed by atoms with Gasteiger partial charge < -0.3 is 34.4 Å². The van der Waals surface area contributed by atoms with Gasteiger partial charge in [0.1, 0.15) is 12.0 Å². The van der Waals surface area contributed by atoms with E-state index in [1.165, 1.54) is 21.6 Å². The van der Waals surface area contributed by atoms with Crippen LogP contribution in [0.2, 0.25) is 0 Å². The summed E-state index contributed by atoms with van der Waals surface area (Å²) in [4.78, 5) is 51.5. The molecule has 1 saturated heterocycles. The molecule has 0 bridgehead atoms. The van der Waals surface area contributed by atoms with E-state index in [0.717, 1.165) is 11.1 Å². The van der Waals surface area contributed by atoms with Gasteiger partial charge in [0.2, 0.25) is 5.91 Å². The second-order valence-electron chi connectivity index (χ2n) is 10.2. The van der Waals surface area contributed by atoms with Gasteiger partial charge in [-0.15, -0.1) is 0 Å². The van der Waals surface area contributed by atoms with Crippen molar-refractivity contribution in [2.75, 3.05) is 25.6 Å². The van der Waals surface area contributed by atoms with Crippen molar-refractivity contribution in [2.24, 2.45) is 5.11 Å². The predicted octanol–water partition coefficient (Wildman–Crippen LogP) is 5.20. The average molecular weight is 735 g/mol. The van der Waals surface area contributed by atoms with Crippen LogP contribution in [0, 0.1) is 0 Å². The van der Waals surface area contributed by atoms with Crippen LogP contribution >= 0.6 is 45.1 Å². The van der Waals surface area contributed by atoms with Gasteiger partial charge in [0.15, 0.2) is 0 Å². The summed E-state index contributed by atoms with van der Waals surface area (Å²) in [6, 6.07) is 0. The molecule has 0 radical (unpaired) electrons. The van der Waals surface area contributed by atoms with Crippen molar-refractivity contribution in [3.05, 3.63) is 58.0 Å². The monoisotopic (exact) mass is 734 g/mol. The van der Waals surface area contributed by atoms with E-state index in [-0.39, 0.29) is 29.6 Å². The molecule has 0 aromatic heterocycles. The lowest BCUT2D eigenvalue weighted by Gasteiger charge is -2.24. The van der Waals surface area contributed by atoms with Gasteiger partial charge in [0.25, 0.3) is 0 Å². The molecule has 0 saturated carbocycles. The van der Waals surface area contributed by atoms with E-state index in [4.69, 9.17) is 29.3 Å². The zero-order valence-corrected chi connectivity index (χ0v) is 28.9. The molecular formula is C23H37N4O13P3S2. The van der Waals surface area contributed by atoms with Crippen molar-refractivity contribution in [1.82, 2.24) is 5.32 Å². The quantitative estimate of drug-likeness (QED) is 0.0217. The van der Waals surface area contributed by atoms with Gasteiger partial charge in [-0.2, -0.15) is 8.62 Å². The largest absolute Gasteiger partial charge is 0.490 e. The molecule has 2 aliphatic rings. The first-order valence-electron chi connectivity index (χ1n) is 13.3. The highest BCUT2D eigenvalue weighted by Crippen LogP contribution is 2.66. The van der Waals surface area contributed by atoms with Crippen LogP contribution in [0.5, 0.6) is 0 Å². The van der Waals surface area contributed by atoms with Crippen molar-refractivity contribution in [2.45, 2.75) is 63.1 Å². The molecule has 0 aromatic carbocycles. The number of rotatable bonds is 19. The molecule has 1 aliphatic carbocycles. The molecular weight excluding hydrogens is 697 g/mol. The maximum atomic E-state index is 12.3. The predicted molar refractivity (Wildman–Crippen MR) is 168 cm³/mol. The third kappa shape index (κ3) is 16.9. The molecule has 254 valence electrons. The highest BCUT2D eigenvalue weighted by Gasteiger charge is 2.43. The fraction of sp³-hybridized carbons (Fsp3) is 0.609. The van der Waals surface area contributed by atoms with Crippen LogP contribution < -0.4 is 5.32 Å². The molecule has 1 amide bonds. The molecule has 1 aliphatic heterocycles. The summed E-state index contributed by atoms with van der Waals surface area (Å²) in [5, 5.41) is 6.24. The first kappa shape index (κ1) is 39.9. The Morgan fingerprint density at radius 3 is 2.60 bits per heavy atom. The zero-order chi connectivity index (χ0) is 33.7. The lowest BCUT2D eigenvalue weighted by atomic mass is 10.0. The van der Waals surface area contributed by atoms with Crippen LogP contribution in [0.15, 0.2) is 52.7 Å². The summed E-state index contributed by atoms with van der Waals surface area (Å²) < 4.78 is 59.0. The van der Waals surface area contributed by atoms with E-state index in [0.29, 0.717) is 19.4 Å². The third-order valence-corrected chi connectivity index (χ3v) is 12.4. The number of amides is 1. The Labute approximate surface area is 268 Å². The molecule has 22 heteroatoms. The fourth-order valence-electron chi connectivity index (χ4n) is 3.81. The molecule has 3 unspecified atom stereocenters. The van der Waals surface area contributed by atoms with Gasteiger partial charge in [0.05, 0.1) is 18.8 Å². The summed E-state index contributed by atoms with van der Waals surface area (Å²) in [5.41, 5.74) is 10.0. The van der Waals surface area contributed by atoms with Gasteiger partial charge >= 0.3 is 23.5 Å².